The molecule has 0 bridgehead atoms. The van der Waals surface area contributed by atoms with Crippen LogP contribution >= 0.6 is 0 Å². The number of pyridine rings is 1. The molecule has 0 aliphatic heterocycles. The average molecular weight is 386 g/mol. The molecule has 0 saturated heterocycles. The minimum absolute atomic E-state index is 0. The topological polar surface area (TPSA) is 33.1 Å². The van der Waals surface area contributed by atoms with Crippen molar-refractivity contribution < 1.29 is 24.6 Å². The summed E-state index contributed by atoms with van der Waals surface area (Å²) in [7, 11) is 0. The van der Waals surface area contributed by atoms with Crippen LogP contribution in [0.2, 0.25) is 0 Å². The van der Waals surface area contributed by atoms with Crippen LogP contribution in [0.1, 0.15) is 25.7 Å². The minimum atomic E-state index is 0. The van der Waals surface area contributed by atoms with Crippen LogP contribution in [0.4, 0.5) is 0 Å². The molecule has 22 heavy (non-hydrogen) atoms. The van der Waals surface area contributed by atoms with Crippen LogP contribution in [0.3, 0.4) is 0 Å². The van der Waals surface area contributed by atoms with E-state index >= 15 is 0 Å². The molecule has 0 saturated carbocycles. The quantitative estimate of drug-likeness (QED) is 0.368. The fourth-order valence-electron chi connectivity index (χ4n) is 1.94. The summed E-state index contributed by atoms with van der Waals surface area (Å²) in [6, 6.07) is 9.13. The van der Waals surface area contributed by atoms with Crippen molar-refractivity contribution in [3.8, 4) is 5.75 Å². The summed E-state index contributed by atoms with van der Waals surface area (Å²) in [6.45, 7) is 0. The molecule has 1 radical (unpaired) electrons. The van der Waals surface area contributed by atoms with Gasteiger partial charge < -0.3 is 20.0 Å². The zero-order valence-electron chi connectivity index (χ0n) is 13.3. The summed E-state index contributed by atoms with van der Waals surface area (Å²) in [5.74, 6) is 0.239. The van der Waals surface area contributed by atoms with E-state index in [1.165, 1.54) is 25.7 Å². The largest absolute Gasteiger partial charge is 2.00 e. The molecule has 3 rings (SSSR count). The van der Waals surface area contributed by atoms with Gasteiger partial charge in [0.25, 0.3) is 0 Å². The third kappa shape index (κ3) is 7.52. The van der Waals surface area contributed by atoms with E-state index in [2.05, 4.69) is 29.3 Å². The van der Waals surface area contributed by atoms with Crippen molar-refractivity contribution in [3.63, 3.8) is 0 Å². The van der Waals surface area contributed by atoms with Crippen molar-refractivity contribution in [3.05, 3.63) is 75.7 Å². The molecule has 2 nitrogen and oxygen atoms in total. The Hall–Kier alpha value is -1.47. The standard InChI is InChI=1S/C9H7NO.C8H12.2CH3.Rh/c11-8-5-1-3-7-4-2-6-10-9(7)8;1-2-4-6-8-7-5-3-1;;;/h1-6,11H;1-2,7-8H,3-6H2;2*1H3;/q;;2*-1;+2/b;2-1-,8-7-;;;. The Bertz CT molecular complexity index is 547. The van der Waals surface area contributed by atoms with Crippen LogP contribution in [0, 0.1) is 14.9 Å². The first-order chi connectivity index (χ1) is 9.38. The van der Waals surface area contributed by atoms with E-state index in [1.807, 2.05) is 18.2 Å². The summed E-state index contributed by atoms with van der Waals surface area (Å²) < 4.78 is 0. The summed E-state index contributed by atoms with van der Waals surface area (Å²) in [6.07, 6.45) is 15.7. The van der Waals surface area contributed by atoms with Gasteiger partial charge in [0.05, 0.1) is 0 Å². The Morgan fingerprint density at radius 3 is 1.77 bits per heavy atom. The number of para-hydroxylation sites is 1. The summed E-state index contributed by atoms with van der Waals surface area (Å²) in [4.78, 5) is 4.03. The van der Waals surface area contributed by atoms with Gasteiger partial charge >= 0.3 is 19.5 Å². The van der Waals surface area contributed by atoms with Crippen molar-refractivity contribution >= 4 is 10.9 Å². The maximum atomic E-state index is 9.31. The molecule has 1 aliphatic rings. The molecule has 1 aromatic heterocycles. The first-order valence-electron chi connectivity index (χ1n) is 6.70. The zero-order valence-corrected chi connectivity index (χ0v) is 15.0. The predicted octanol–water partition coefficient (Wildman–Crippen LogP) is 5.51. The van der Waals surface area contributed by atoms with E-state index in [1.54, 1.807) is 18.3 Å². The molecule has 1 heterocycles. The molecule has 0 atom stereocenters. The Morgan fingerprint density at radius 1 is 0.773 bits per heavy atom. The zero-order chi connectivity index (χ0) is 13.3. The maximum absolute atomic E-state index is 9.31. The van der Waals surface area contributed by atoms with E-state index in [4.69, 9.17) is 0 Å². The van der Waals surface area contributed by atoms with E-state index in [-0.39, 0.29) is 40.1 Å². The molecule has 0 spiro atoms. The molecule has 0 unspecified atom stereocenters. The van der Waals surface area contributed by atoms with Gasteiger partial charge in [0, 0.05) is 11.6 Å². The Morgan fingerprint density at radius 2 is 1.27 bits per heavy atom. The second kappa shape index (κ2) is 13.2. The number of nitrogens with zero attached hydrogens (tertiary/aromatic N) is 1. The van der Waals surface area contributed by atoms with Gasteiger partial charge in [-0.15, -0.1) is 0 Å². The van der Waals surface area contributed by atoms with Crippen LogP contribution in [-0.4, -0.2) is 10.1 Å². The van der Waals surface area contributed by atoms with Crippen LogP contribution in [0.15, 0.2) is 60.8 Å². The number of phenolic OH excluding ortho intramolecular Hbond substituents is 1. The molecule has 0 amide bonds. The first-order valence-corrected chi connectivity index (χ1v) is 6.70. The van der Waals surface area contributed by atoms with Gasteiger partial charge in [0.1, 0.15) is 11.3 Å². The molecular weight excluding hydrogens is 361 g/mol. The van der Waals surface area contributed by atoms with Gasteiger partial charge in [-0.3, -0.25) is 4.98 Å². The van der Waals surface area contributed by atoms with E-state index in [9.17, 15) is 5.11 Å². The smallest absolute Gasteiger partial charge is 0.506 e. The summed E-state index contributed by atoms with van der Waals surface area (Å²) in [5.41, 5.74) is 0.662. The number of allylic oxidation sites excluding steroid dienone is 4. The predicted molar refractivity (Wildman–Crippen MR) is 93.0 cm³/mol. The number of aromatic nitrogens is 1. The van der Waals surface area contributed by atoms with Crippen LogP contribution in [0.25, 0.3) is 10.9 Å². The van der Waals surface area contributed by atoms with Crippen LogP contribution in [-0.2, 0) is 19.5 Å². The summed E-state index contributed by atoms with van der Waals surface area (Å²) >= 11 is 0. The molecule has 3 heteroatoms. The van der Waals surface area contributed by atoms with Gasteiger partial charge in [-0.1, -0.05) is 42.5 Å². The second-order valence-corrected chi connectivity index (χ2v) is 4.45. The molecule has 0 fully saturated rings. The van der Waals surface area contributed by atoms with Crippen molar-refractivity contribution in [1.29, 1.82) is 0 Å². The molecule has 2 aromatic rings. The van der Waals surface area contributed by atoms with Gasteiger partial charge in [0.15, 0.2) is 0 Å². The number of hydrogen-bond acceptors (Lipinski definition) is 2. The minimum Gasteiger partial charge on any atom is -0.506 e. The van der Waals surface area contributed by atoms with Gasteiger partial charge in [-0.2, -0.15) is 0 Å². The Kier molecular flexibility index (Phi) is 13.7. The molecular formula is C19H25NORh. The number of rotatable bonds is 0. The van der Waals surface area contributed by atoms with Crippen molar-refractivity contribution in [2.45, 2.75) is 25.7 Å². The van der Waals surface area contributed by atoms with Gasteiger partial charge in [-0.05, 0) is 37.8 Å². The van der Waals surface area contributed by atoms with Crippen molar-refractivity contribution in [2.75, 3.05) is 0 Å². The second-order valence-electron chi connectivity index (χ2n) is 4.45. The van der Waals surface area contributed by atoms with Crippen LogP contribution in [0.5, 0.6) is 5.75 Å². The molecule has 1 aromatic carbocycles. The normalized spacial score (nSPS) is 15.3. The SMILES string of the molecule is C1=C\CC/C=C\CC/1.Oc1cccc2cccnc12.[CH3-].[CH3-].[Rh+2]. The molecule has 121 valence electrons. The fourth-order valence-corrected chi connectivity index (χ4v) is 1.94. The Labute approximate surface area is 147 Å². The van der Waals surface area contributed by atoms with Crippen molar-refractivity contribution in [2.24, 2.45) is 0 Å². The van der Waals surface area contributed by atoms with E-state index in [0.717, 1.165) is 5.39 Å². The van der Waals surface area contributed by atoms with Gasteiger partial charge in [-0.25, -0.2) is 0 Å². The van der Waals surface area contributed by atoms with E-state index in [0.29, 0.717) is 5.52 Å². The Balaban J connectivity index is 0. The third-order valence-electron chi connectivity index (χ3n) is 2.94. The number of fused-ring (bicyclic) bond motifs is 1. The number of hydrogen-bond donors (Lipinski definition) is 1. The maximum Gasteiger partial charge on any atom is 2.00 e. The summed E-state index contributed by atoms with van der Waals surface area (Å²) in [5, 5.41) is 10.3. The number of benzene rings is 1. The number of aromatic hydroxyl groups is 1. The van der Waals surface area contributed by atoms with Gasteiger partial charge in [0.2, 0.25) is 0 Å². The average Bonchev–Trinajstić information content (AvgIpc) is 2.39. The third-order valence-corrected chi connectivity index (χ3v) is 2.94. The first kappa shape index (κ1) is 22.8. The number of phenols is 1. The fraction of sp³-hybridized carbons (Fsp3) is 0.211. The van der Waals surface area contributed by atoms with E-state index < -0.39 is 0 Å². The van der Waals surface area contributed by atoms with Crippen LogP contribution < -0.4 is 0 Å². The van der Waals surface area contributed by atoms with Crippen molar-refractivity contribution in [1.82, 2.24) is 4.98 Å². The monoisotopic (exact) mass is 386 g/mol. The molecule has 1 N–H and O–H groups in total. The molecule has 1 aliphatic carbocycles.